The molecule has 0 bridgehead atoms. The van der Waals surface area contributed by atoms with Gasteiger partial charge >= 0.3 is 5.97 Å². The fraction of sp³-hybridized carbons (Fsp3) is 0.214. The number of carboxylic acid groups (broad SMARTS) is 1. The van der Waals surface area contributed by atoms with Crippen LogP contribution in [-0.2, 0) is 11.5 Å². The fourth-order valence-electron chi connectivity index (χ4n) is 1.68. The van der Waals surface area contributed by atoms with E-state index in [2.05, 4.69) is 0 Å². The number of carbonyl (C=O) groups is 1. The van der Waals surface area contributed by atoms with Crippen LogP contribution in [0, 0.1) is 6.92 Å². The van der Waals surface area contributed by atoms with Crippen LogP contribution in [0.4, 0.5) is 0 Å². The van der Waals surface area contributed by atoms with Crippen LogP contribution in [0.5, 0.6) is 0 Å². The minimum absolute atomic E-state index is 0.238. The third-order valence-electron chi connectivity index (χ3n) is 2.63. The molecule has 0 aliphatic heterocycles. The highest BCUT2D eigenvalue weighted by Crippen LogP contribution is 2.22. The maximum atomic E-state index is 10.9. The molecule has 2 aromatic rings. The number of hydrogen-bond acceptors (Lipinski definition) is 3. The highest BCUT2D eigenvalue weighted by atomic mass is 35.5. The number of halogens is 1. The van der Waals surface area contributed by atoms with E-state index < -0.39 is 5.97 Å². The van der Waals surface area contributed by atoms with Crippen LogP contribution in [0.2, 0.25) is 5.02 Å². The van der Waals surface area contributed by atoms with Crippen molar-refractivity contribution in [2.45, 2.75) is 18.4 Å². The smallest absolute Gasteiger partial charge is 0.339 e. The fourth-order valence-corrected chi connectivity index (χ4v) is 2.68. The summed E-state index contributed by atoms with van der Waals surface area (Å²) in [5.41, 5.74) is 1.42. The molecule has 0 spiro atoms. The van der Waals surface area contributed by atoms with Gasteiger partial charge in [-0.05, 0) is 30.7 Å². The Kier molecular flexibility index (Phi) is 4.56. The molecule has 0 saturated carbocycles. The molecule has 19 heavy (non-hydrogen) atoms. The topological polar surface area (TPSA) is 50.4 Å². The average Bonchev–Trinajstić information content (AvgIpc) is 2.73. The van der Waals surface area contributed by atoms with Gasteiger partial charge in [0, 0.05) is 10.8 Å². The quantitative estimate of drug-likeness (QED) is 0.890. The van der Waals surface area contributed by atoms with Crippen molar-refractivity contribution in [3.8, 4) is 0 Å². The van der Waals surface area contributed by atoms with Gasteiger partial charge in [-0.1, -0.05) is 23.7 Å². The molecule has 0 amide bonds. The van der Waals surface area contributed by atoms with Gasteiger partial charge in [-0.15, -0.1) is 11.8 Å². The zero-order chi connectivity index (χ0) is 13.8. The van der Waals surface area contributed by atoms with Gasteiger partial charge in [-0.3, -0.25) is 0 Å². The second kappa shape index (κ2) is 6.17. The van der Waals surface area contributed by atoms with Crippen LogP contribution >= 0.6 is 23.4 Å². The van der Waals surface area contributed by atoms with Crippen LogP contribution in [0.3, 0.4) is 0 Å². The van der Waals surface area contributed by atoms with Crippen LogP contribution in [-0.4, -0.2) is 11.1 Å². The van der Waals surface area contributed by atoms with Gasteiger partial charge in [0.2, 0.25) is 0 Å². The number of rotatable bonds is 5. The van der Waals surface area contributed by atoms with Crippen LogP contribution < -0.4 is 0 Å². The number of aryl methyl sites for hydroxylation is 1. The molecule has 0 fully saturated rings. The zero-order valence-corrected chi connectivity index (χ0v) is 11.9. The first-order chi connectivity index (χ1) is 9.06. The van der Waals surface area contributed by atoms with E-state index >= 15 is 0 Å². The molecular formula is C14H13ClO3S. The molecule has 100 valence electrons. The SMILES string of the molecule is Cc1oc(CSCc2ccc(Cl)cc2)cc1C(=O)O. The number of hydrogen-bond donors (Lipinski definition) is 1. The summed E-state index contributed by atoms with van der Waals surface area (Å²) in [4.78, 5) is 10.9. The Morgan fingerprint density at radius 1 is 1.32 bits per heavy atom. The Labute approximate surface area is 120 Å². The number of thioether (sulfide) groups is 1. The number of furan rings is 1. The van der Waals surface area contributed by atoms with E-state index in [9.17, 15) is 4.79 Å². The molecule has 0 atom stereocenters. The van der Waals surface area contributed by atoms with E-state index in [0.29, 0.717) is 17.3 Å². The van der Waals surface area contributed by atoms with Crippen molar-refractivity contribution < 1.29 is 14.3 Å². The normalized spacial score (nSPS) is 10.6. The number of carboxylic acids is 1. The summed E-state index contributed by atoms with van der Waals surface area (Å²) in [6.07, 6.45) is 0. The molecule has 0 aliphatic rings. The lowest BCUT2D eigenvalue weighted by molar-refractivity contribution is 0.0695. The molecule has 1 N–H and O–H groups in total. The molecule has 1 heterocycles. The lowest BCUT2D eigenvalue weighted by atomic mass is 10.2. The van der Waals surface area contributed by atoms with E-state index in [-0.39, 0.29) is 5.56 Å². The van der Waals surface area contributed by atoms with E-state index in [1.54, 1.807) is 24.8 Å². The molecule has 3 nitrogen and oxygen atoms in total. The largest absolute Gasteiger partial charge is 0.478 e. The Hall–Kier alpha value is -1.39. The van der Waals surface area contributed by atoms with E-state index in [4.69, 9.17) is 21.1 Å². The molecule has 1 aromatic carbocycles. The van der Waals surface area contributed by atoms with Gasteiger partial charge in [0.25, 0.3) is 0 Å². The summed E-state index contributed by atoms with van der Waals surface area (Å²) < 4.78 is 5.41. The van der Waals surface area contributed by atoms with Crippen LogP contribution in [0.15, 0.2) is 34.7 Å². The third-order valence-corrected chi connectivity index (χ3v) is 3.90. The van der Waals surface area contributed by atoms with Gasteiger partial charge in [0.1, 0.15) is 17.1 Å². The molecule has 0 saturated heterocycles. The summed E-state index contributed by atoms with van der Waals surface area (Å²) >= 11 is 7.48. The first kappa shape index (κ1) is 14.0. The summed E-state index contributed by atoms with van der Waals surface area (Å²) in [7, 11) is 0. The Bertz CT molecular complexity index is 575. The molecular weight excluding hydrogens is 284 g/mol. The summed E-state index contributed by atoms with van der Waals surface area (Å²) in [5.74, 6) is 1.68. The highest BCUT2D eigenvalue weighted by molar-refractivity contribution is 7.97. The zero-order valence-electron chi connectivity index (χ0n) is 10.4. The average molecular weight is 297 g/mol. The lowest BCUT2D eigenvalue weighted by Crippen LogP contribution is -1.94. The lowest BCUT2D eigenvalue weighted by Gasteiger charge is -2.00. The molecule has 5 heteroatoms. The van der Waals surface area contributed by atoms with E-state index in [1.807, 2.05) is 24.3 Å². The third kappa shape index (κ3) is 3.78. The Morgan fingerprint density at radius 2 is 2.00 bits per heavy atom. The van der Waals surface area contributed by atoms with Crippen molar-refractivity contribution in [2.24, 2.45) is 0 Å². The summed E-state index contributed by atoms with van der Waals surface area (Å²) in [6, 6.07) is 9.26. The molecule has 0 unspecified atom stereocenters. The van der Waals surface area contributed by atoms with Crippen molar-refractivity contribution in [1.29, 1.82) is 0 Å². The van der Waals surface area contributed by atoms with Crippen molar-refractivity contribution in [2.75, 3.05) is 0 Å². The van der Waals surface area contributed by atoms with E-state index in [1.165, 1.54) is 5.56 Å². The highest BCUT2D eigenvalue weighted by Gasteiger charge is 2.13. The van der Waals surface area contributed by atoms with Crippen molar-refractivity contribution >= 4 is 29.3 Å². The minimum Gasteiger partial charge on any atom is -0.478 e. The summed E-state index contributed by atoms with van der Waals surface area (Å²) in [6.45, 7) is 1.66. The first-order valence-corrected chi connectivity index (χ1v) is 7.24. The first-order valence-electron chi connectivity index (χ1n) is 5.71. The second-order valence-electron chi connectivity index (χ2n) is 4.11. The van der Waals surface area contributed by atoms with Crippen LogP contribution in [0.1, 0.15) is 27.4 Å². The number of aromatic carboxylic acids is 1. The van der Waals surface area contributed by atoms with Gasteiger partial charge < -0.3 is 9.52 Å². The van der Waals surface area contributed by atoms with Crippen molar-refractivity contribution in [1.82, 2.24) is 0 Å². The maximum absolute atomic E-state index is 10.9. The summed E-state index contributed by atoms with van der Waals surface area (Å²) in [5, 5.41) is 9.65. The van der Waals surface area contributed by atoms with Gasteiger partial charge in [-0.2, -0.15) is 0 Å². The van der Waals surface area contributed by atoms with Gasteiger partial charge in [0.05, 0.1) is 5.75 Å². The molecule has 0 aliphatic carbocycles. The number of benzene rings is 1. The Balaban J connectivity index is 1.90. The monoisotopic (exact) mass is 296 g/mol. The molecule has 1 aromatic heterocycles. The van der Waals surface area contributed by atoms with Crippen LogP contribution in [0.25, 0.3) is 0 Å². The van der Waals surface area contributed by atoms with E-state index in [0.717, 1.165) is 10.8 Å². The predicted octanol–water partition coefficient (Wildman–Crippen LogP) is 4.37. The molecule has 2 rings (SSSR count). The van der Waals surface area contributed by atoms with Gasteiger partial charge in [0.15, 0.2) is 0 Å². The minimum atomic E-state index is -0.949. The van der Waals surface area contributed by atoms with Gasteiger partial charge in [-0.25, -0.2) is 4.79 Å². The Morgan fingerprint density at radius 3 is 2.58 bits per heavy atom. The standard InChI is InChI=1S/C14H13ClO3S/c1-9-13(14(16)17)6-12(18-9)8-19-7-10-2-4-11(15)5-3-10/h2-6H,7-8H2,1H3,(H,16,17). The molecule has 0 radical (unpaired) electrons. The van der Waals surface area contributed by atoms with Crippen molar-refractivity contribution in [3.05, 3.63) is 58.0 Å². The van der Waals surface area contributed by atoms with Crippen molar-refractivity contribution in [3.63, 3.8) is 0 Å². The predicted molar refractivity (Wildman–Crippen MR) is 76.9 cm³/mol. The second-order valence-corrected chi connectivity index (χ2v) is 5.53. The maximum Gasteiger partial charge on any atom is 0.339 e.